The van der Waals surface area contributed by atoms with Crippen molar-refractivity contribution in [2.24, 2.45) is 0 Å². The van der Waals surface area contributed by atoms with Crippen LogP contribution in [-0.4, -0.2) is 39.9 Å². The molecule has 1 N–H and O–H groups in total. The standard InChI is InChI=1S/C29H33FN4O2S/c1-17-10-13-22(18(2)14-17)34-28-25(27(32-34)29(3,4)5)26(20-8-6-7-9-21(20)30)37-16-24(36)33(28)15-23(35)31-19-11-12-19/h6-10,13-14,19,26H,11-12,15-16H2,1-5H3,(H,31,35)/t26-/m1/s1. The summed E-state index contributed by atoms with van der Waals surface area (Å²) in [6, 6.07) is 13.0. The van der Waals surface area contributed by atoms with E-state index < -0.39 is 10.7 Å². The number of nitrogens with zero attached hydrogens (tertiary/aromatic N) is 3. The molecule has 0 spiro atoms. The van der Waals surface area contributed by atoms with E-state index in [4.69, 9.17) is 5.10 Å². The van der Waals surface area contributed by atoms with Crippen LogP contribution in [0.2, 0.25) is 0 Å². The number of carbonyl (C=O) groups is 2. The number of carbonyl (C=O) groups excluding carboxylic acids is 2. The van der Waals surface area contributed by atoms with Crippen LogP contribution in [0.1, 0.15) is 66.8 Å². The van der Waals surface area contributed by atoms with Gasteiger partial charge in [0, 0.05) is 22.6 Å². The number of hydrogen-bond donors (Lipinski definition) is 1. The minimum absolute atomic E-state index is 0.104. The number of anilines is 1. The molecular weight excluding hydrogens is 487 g/mol. The zero-order chi connectivity index (χ0) is 26.5. The maximum atomic E-state index is 15.2. The van der Waals surface area contributed by atoms with Crippen LogP contribution in [0.25, 0.3) is 5.69 Å². The Hall–Kier alpha value is -3.13. The molecule has 1 aromatic heterocycles. The normalized spacial score (nSPS) is 17.9. The van der Waals surface area contributed by atoms with Crippen molar-refractivity contribution in [2.45, 2.75) is 64.2 Å². The van der Waals surface area contributed by atoms with Gasteiger partial charge in [-0.25, -0.2) is 9.07 Å². The van der Waals surface area contributed by atoms with E-state index in [1.807, 2.05) is 32.0 Å². The Morgan fingerprint density at radius 1 is 1.16 bits per heavy atom. The molecule has 0 saturated heterocycles. The first kappa shape index (κ1) is 25.5. The van der Waals surface area contributed by atoms with E-state index in [1.165, 1.54) is 17.8 Å². The number of hydrogen-bond acceptors (Lipinski definition) is 4. The first-order valence-corrected chi connectivity index (χ1v) is 13.8. The second-order valence-electron chi connectivity index (χ2n) is 11.1. The van der Waals surface area contributed by atoms with Crippen LogP contribution in [0.15, 0.2) is 42.5 Å². The van der Waals surface area contributed by atoms with Crippen molar-refractivity contribution >= 4 is 29.4 Å². The average molecular weight is 521 g/mol. The highest BCUT2D eigenvalue weighted by Crippen LogP contribution is 2.49. The number of rotatable bonds is 5. The highest BCUT2D eigenvalue weighted by Gasteiger charge is 2.41. The Kier molecular flexibility index (Phi) is 6.64. The average Bonchev–Trinajstić information content (AvgIpc) is 3.56. The van der Waals surface area contributed by atoms with Gasteiger partial charge in [0.15, 0.2) is 0 Å². The molecule has 2 amide bonds. The Morgan fingerprint density at radius 3 is 2.54 bits per heavy atom. The number of aromatic nitrogens is 2. The van der Waals surface area contributed by atoms with Gasteiger partial charge in [-0.3, -0.25) is 14.5 Å². The molecule has 1 aliphatic carbocycles. The van der Waals surface area contributed by atoms with Gasteiger partial charge in [-0.05, 0) is 44.4 Å². The van der Waals surface area contributed by atoms with Crippen molar-refractivity contribution in [1.29, 1.82) is 0 Å². The number of aryl methyl sites for hydroxylation is 2. The molecule has 2 aromatic carbocycles. The summed E-state index contributed by atoms with van der Waals surface area (Å²) >= 11 is 1.39. The molecule has 2 heterocycles. The second kappa shape index (κ2) is 9.63. The van der Waals surface area contributed by atoms with Gasteiger partial charge in [-0.2, -0.15) is 5.10 Å². The van der Waals surface area contributed by atoms with Gasteiger partial charge in [0.05, 0.1) is 22.4 Å². The van der Waals surface area contributed by atoms with E-state index >= 15 is 4.39 Å². The summed E-state index contributed by atoms with van der Waals surface area (Å²) < 4.78 is 17.0. The van der Waals surface area contributed by atoms with E-state index in [0.29, 0.717) is 11.4 Å². The van der Waals surface area contributed by atoms with Crippen molar-refractivity contribution < 1.29 is 14.0 Å². The number of thioether (sulfide) groups is 1. The molecule has 0 bridgehead atoms. The fourth-order valence-corrected chi connectivity index (χ4v) is 6.08. The third-order valence-electron chi connectivity index (χ3n) is 6.81. The Balaban J connectivity index is 1.78. The third kappa shape index (κ3) is 5.04. The van der Waals surface area contributed by atoms with E-state index in [-0.39, 0.29) is 36.0 Å². The highest BCUT2D eigenvalue weighted by atomic mass is 32.2. The lowest BCUT2D eigenvalue weighted by Crippen LogP contribution is -2.43. The number of benzene rings is 2. The lowest BCUT2D eigenvalue weighted by Gasteiger charge is -2.25. The summed E-state index contributed by atoms with van der Waals surface area (Å²) in [7, 11) is 0. The van der Waals surface area contributed by atoms with Crippen LogP contribution in [0.5, 0.6) is 0 Å². The largest absolute Gasteiger partial charge is 0.352 e. The van der Waals surface area contributed by atoms with Crippen molar-refractivity contribution in [3.63, 3.8) is 0 Å². The van der Waals surface area contributed by atoms with Crippen molar-refractivity contribution in [3.05, 3.63) is 76.2 Å². The van der Waals surface area contributed by atoms with E-state index in [2.05, 4.69) is 32.2 Å². The predicted octanol–water partition coefficient (Wildman–Crippen LogP) is 5.37. The molecule has 5 rings (SSSR count). The van der Waals surface area contributed by atoms with Gasteiger partial charge >= 0.3 is 0 Å². The molecule has 2 aliphatic rings. The molecule has 0 unspecified atom stereocenters. The third-order valence-corrected chi connectivity index (χ3v) is 8.05. The molecule has 1 atom stereocenters. The lowest BCUT2D eigenvalue weighted by atomic mass is 9.87. The summed E-state index contributed by atoms with van der Waals surface area (Å²) in [5.41, 5.74) is 4.63. The molecule has 1 saturated carbocycles. The molecule has 0 radical (unpaired) electrons. The zero-order valence-corrected chi connectivity index (χ0v) is 22.8. The zero-order valence-electron chi connectivity index (χ0n) is 22.0. The Bertz CT molecular complexity index is 1370. The molecule has 1 aliphatic heterocycles. The summed E-state index contributed by atoms with van der Waals surface area (Å²) in [4.78, 5) is 28.2. The maximum absolute atomic E-state index is 15.2. The minimum atomic E-state index is -0.453. The number of fused-ring (bicyclic) bond motifs is 1. The van der Waals surface area contributed by atoms with Crippen LogP contribution in [0.3, 0.4) is 0 Å². The van der Waals surface area contributed by atoms with Crippen LogP contribution in [0, 0.1) is 19.7 Å². The van der Waals surface area contributed by atoms with Crippen molar-refractivity contribution in [3.8, 4) is 5.69 Å². The number of nitrogens with one attached hydrogen (secondary N) is 1. The molecule has 194 valence electrons. The van der Waals surface area contributed by atoms with Crippen LogP contribution in [0.4, 0.5) is 10.2 Å². The van der Waals surface area contributed by atoms with Crippen molar-refractivity contribution in [2.75, 3.05) is 17.2 Å². The fourth-order valence-electron chi connectivity index (χ4n) is 4.86. The molecule has 6 nitrogen and oxygen atoms in total. The number of amides is 2. The second-order valence-corrected chi connectivity index (χ2v) is 12.2. The summed E-state index contributed by atoms with van der Waals surface area (Å²) in [5.74, 6) is -0.0336. The Labute approximate surface area is 221 Å². The first-order valence-electron chi connectivity index (χ1n) is 12.7. The van der Waals surface area contributed by atoms with Crippen LogP contribution in [-0.2, 0) is 15.0 Å². The summed E-state index contributed by atoms with van der Waals surface area (Å²) in [5, 5.41) is 7.65. The van der Waals surface area contributed by atoms with Gasteiger partial charge in [0.2, 0.25) is 11.8 Å². The smallest absolute Gasteiger partial charge is 0.240 e. The molecule has 3 aromatic rings. The Morgan fingerprint density at radius 2 is 1.89 bits per heavy atom. The predicted molar refractivity (Wildman–Crippen MR) is 146 cm³/mol. The fraction of sp³-hybridized carbons (Fsp3) is 0.414. The van der Waals surface area contributed by atoms with E-state index in [9.17, 15) is 9.59 Å². The van der Waals surface area contributed by atoms with Gasteiger partial charge in [-0.1, -0.05) is 56.7 Å². The summed E-state index contributed by atoms with van der Waals surface area (Å²) in [6.07, 6.45) is 1.93. The van der Waals surface area contributed by atoms with Gasteiger partial charge in [-0.15, -0.1) is 11.8 Å². The number of halogens is 1. The highest BCUT2D eigenvalue weighted by molar-refractivity contribution is 8.00. The molecule has 37 heavy (non-hydrogen) atoms. The lowest BCUT2D eigenvalue weighted by molar-refractivity contribution is -0.123. The topological polar surface area (TPSA) is 67.2 Å². The molecule has 8 heteroatoms. The monoisotopic (exact) mass is 520 g/mol. The van der Waals surface area contributed by atoms with E-state index in [0.717, 1.165) is 40.9 Å². The molecular formula is C29H33FN4O2S. The quantitative estimate of drug-likeness (QED) is 0.491. The summed E-state index contributed by atoms with van der Waals surface area (Å²) in [6.45, 7) is 10.2. The van der Waals surface area contributed by atoms with E-state index in [1.54, 1.807) is 21.7 Å². The molecule has 1 fully saturated rings. The SMILES string of the molecule is Cc1ccc(-n2nc(C(C)(C)C)c3c2N(CC(=O)NC2CC2)C(=O)CS[C@@H]3c2ccccc2F)c(C)c1. The first-order chi connectivity index (χ1) is 17.5. The van der Waals surface area contributed by atoms with Crippen molar-refractivity contribution in [1.82, 2.24) is 15.1 Å². The minimum Gasteiger partial charge on any atom is -0.352 e. The van der Waals surface area contributed by atoms with Gasteiger partial charge < -0.3 is 5.32 Å². The van der Waals surface area contributed by atoms with Crippen LogP contribution < -0.4 is 10.2 Å². The van der Waals surface area contributed by atoms with Crippen LogP contribution >= 0.6 is 11.8 Å². The van der Waals surface area contributed by atoms with Gasteiger partial charge in [0.1, 0.15) is 18.2 Å². The maximum Gasteiger partial charge on any atom is 0.240 e. The van der Waals surface area contributed by atoms with Gasteiger partial charge in [0.25, 0.3) is 0 Å².